The maximum Gasteiger partial charge on any atom is 0.421 e. The molecular formula is C21H21F3N2O2. The van der Waals surface area contributed by atoms with Gasteiger partial charge in [0.15, 0.2) is 0 Å². The van der Waals surface area contributed by atoms with Gasteiger partial charge in [-0.05, 0) is 29.2 Å². The lowest BCUT2D eigenvalue weighted by Gasteiger charge is -2.44. The van der Waals surface area contributed by atoms with E-state index < -0.39 is 17.6 Å². The standard InChI is InChI=1S/C21H21F3N2O2/c1-27-20-19(21(22,23)24)9-16(10-25-20)15-7-17-12-28-13-18(8-15)26(17)11-14-5-3-2-4-6-14/h2-7,9-10,17-18H,8,11-13H2,1H3. The summed E-state index contributed by atoms with van der Waals surface area (Å²) in [7, 11) is 1.19. The van der Waals surface area contributed by atoms with Gasteiger partial charge in [-0.1, -0.05) is 36.4 Å². The molecule has 0 spiro atoms. The number of methoxy groups -OCH3 is 1. The Hall–Kier alpha value is -2.38. The van der Waals surface area contributed by atoms with Crippen LogP contribution >= 0.6 is 0 Å². The van der Waals surface area contributed by atoms with Crippen molar-refractivity contribution in [3.8, 4) is 5.88 Å². The Bertz CT molecular complexity index is 868. The molecule has 28 heavy (non-hydrogen) atoms. The summed E-state index contributed by atoms with van der Waals surface area (Å²) in [6.07, 6.45) is -0.415. The van der Waals surface area contributed by atoms with E-state index in [1.54, 1.807) is 0 Å². The third-order valence-electron chi connectivity index (χ3n) is 5.27. The van der Waals surface area contributed by atoms with Gasteiger partial charge in [-0.15, -0.1) is 0 Å². The molecule has 0 radical (unpaired) electrons. The Morgan fingerprint density at radius 2 is 2.00 bits per heavy atom. The molecule has 1 fully saturated rings. The average Bonchev–Trinajstić information content (AvgIpc) is 2.67. The number of ether oxygens (including phenoxy) is 2. The van der Waals surface area contributed by atoms with Crippen LogP contribution in [-0.4, -0.2) is 42.3 Å². The monoisotopic (exact) mass is 390 g/mol. The number of nitrogens with zero attached hydrogens (tertiary/aromatic N) is 2. The normalized spacial score (nSPS) is 22.6. The molecule has 0 amide bonds. The summed E-state index contributed by atoms with van der Waals surface area (Å²) >= 11 is 0. The van der Waals surface area contributed by atoms with Crippen molar-refractivity contribution in [3.05, 3.63) is 65.4 Å². The molecule has 148 valence electrons. The van der Waals surface area contributed by atoms with Crippen LogP contribution < -0.4 is 4.74 Å². The summed E-state index contributed by atoms with van der Waals surface area (Å²) in [5, 5.41) is 0. The van der Waals surface area contributed by atoms with E-state index in [1.165, 1.54) is 18.9 Å². The molecule has 4 nitrogen and oxygen atoms in total. The van der Waals surface area contributed by atoms with Gasteiger partial charge >= 0.3 is 6.18 Å². The summed E-state index contributed by atoms with van der Waals surface area (Å²) < 4.78 is 50.5. The van der Waals surface area contributed by atoms with E-state index in [1.807, 2.05) is 24.3 Å². The maximum absolute atomic E-state index is 13.3. The number of alkyl halides is 3. The Balaban J connectivity index is 1.64. The average molecular weight is 390 g/mol. The molecule has 1 aromatic carbocycles. The first-order valence-electron chi connectivity index (χ1n) is 9.15. The van der Waals surface area contributed by atoms with Crippen LogP contribution in [0.5, 0.6) is 5.88 Å². The zero-order valence-electron chi connectivity index (χ0n) is 15.4. The highest BCUT2D eigenvalue weighted by molar-refractivity contribution is 5.68. The number of morpholine rings is 1. The van der Waals surface area contributed by atoms with Crippen LogP contribution in [0.1, 0.15) is 23.1 Å². The molecule has 4 rings (SSSR count). The molecule has 2 unspecified atom stereocenters. The van der Waals surface area contributed by atoms with Crippen LogP contribution in [0, 0.1) is 0 Å². The fraction of sp³-hybridized carbons (Fsp3) is 0.381. The number of fused-ring (bicyclic) bond motifs is 2. The first-order chi connectivity index (χ1) is 13.5. The molecule has 2 aliphatic heterocycles. The Morgan fingerprint density at radius 1 is 1.21 bits per heavy atom. The van der Waals surface area contributed by atoms with Crippen molar-refractivity contribution < 1.29 is 22.6 Å². The third-order valence-corrected chi connectivity index (χ3v) is 5.27. The molecule has 0 N–H and O–H groups in total. The largest absolute Gasteiger partial charge is 0.481 e. The number of hydrogen-bond donors (Lipinski definition) is 0. The molecule has 2 aliphatic rings. The molecule has 0 saturated carbocycles. The smallest absolute Gasteiger partial charge is 0.421 e. The topological polar surface area (TPSA) is 34.6 Å². The Morgan fingerprint density at radius 3 is 2.68 bits per heavy atom. The van der Waals surface area contributed by atoms with Crippen LogP contribution in [-0.2, 0) is 17.5 Å². The van der Waals surface area contributed by atoms with E-state index in [0.717, 1.165) is 18.2 Å². The van der Waals surface area contributed by atoms with Gasteiger partial charge in [0, 0.05) is 18.8 Å². The predicted molar refractivity (Wildman–Crippen MR) is 98.8 cm³/mol. The first kappa shape index (κ1) is 19.0. The summed E-state index contributed by atoms with van der Waals surface area (Å²) in [4.78, 5) is 6.26. The number of halogens is 3. The van der Waals surface area contributed by atoms with Crippen LogP contribution in [0.4, 0.5) is 13.2 Å². The van der Waals surface area contributed by atoms with Gasteiger partial charge in [-0.3, -0.25) is 4.90 Å². The van der Waals surface area contributed by atoms with Gasteiger partial charge in [0.05, 0.1) is 26.4 Å². The molecule has 2 aromatic rings. The highest BCUT2D eigenvalue weighted by Crippen LogP contribution is 2.39. The van der Waals surface area contributed by atoms with E-state index in [4.69, 9.17) is 9.47 Å². The van der Waals surface area contributed by atoms with E-state index >= 15 is 0 Å². The second-order valence-electron chi connectivity index (χ2n) is 7.09. The number of pyridine rings is 1. The fourth-order valence-corrected chi connectivity index (χ4v) is 3.91. The Labute approximate surface area is 161 Å². The third kappa shape index (κ3) is 3.77. The zero-order chi connectivity index (χ0) is 19.7. The lowest BCUT2D eigenvalue weighted by atomic mass is 9.89. The van der Waals surface area contributed by atoms with Crippen LogP contribution in [0.3, 0.4) is 0 Å². The van der Waals surface area contributed by atoms with Crippen molar-refractivity contribution >= 4 is 5.57 Å². The highest BCUT2D eigenvalue weighted by atomic mass is 19.4. The number of hydrogen-bond acceptors (Lipinski definition) is 4. The zero-order valence-corrected chi connectivity index (χ0v) is 15.4. The molecule has 7 heteroatoms. The van der Waals surface area contributed by atoms with Crippen molar-refractivity contribution in [3.63, 3.8) is 0 Å². The van der Waals surface area contributed by atoms with Gasteiger partial charge in [-0.25, -0.2) is 4.98 Å². The number of rotatable bonds is 4. The van der Waals surface area contributed by atoms with Gasteiger partial charge < -0.3 is 9.47 Å². The summed E-state index contributed by atoms with van der Waals surface area (Å²) in [6.45, 7) is 1.89. The Kier molecular flexibility index (Phi) is 5.12. The van der Waals surface area contributed by atoms with Gasteiger partial charge in [-0.2, -0.15) is 13.2 Å². The van der Waals surface area contributed by atoms with E-state index in [2.05, 4.69) is 22.0 Å². The van der Waals surface area contributed by atoms with Crippen molar-refractivity contribution in [1.29, 1.82) is 0 Å². The number of aromatic nitrogens is 1. The summed E-state index contributed by atoms with van der Waals surface area (Å²) in [5.74, 6) is -0.401. The molecule has 1 aromatic heterocycles. The van der Waals surface area contributed by atoms with Gasteiger partial charge in [0.2, 0.25) is 5.88 Å². The second kappa shape index (κ2) is 7.56. The van der Waals surface area contributed by atoms with Crippen molar-refractivity contribution in [2.24, 2.45) is 0 Å². The van der Waals surface area contributed by atoms with Crippen LogP contribution in [0.25, 0.3) is 5.57 Å². The summed E-state index contributed by atoms with van der Waals surface area (Å²) in [5.41, 5.74) is 1.73. The van der Waals surface area contributed by atoms with Crippen LogP contribution in [0.2, 0.25) is 0 Å². The van der Waals surface area contributed by atoms with Crippen molar-refractivity contribution in [2.45, 2.75) is 31.2 Å². The van der Waals surface area contributed by atoms with Gasteiger partial charge in [0.25, 0.3) is 0 Å². The quantitative estimate of drug-likeness (QED) is 0.785. The van der Waals surface area contributed by atoms with E-state index in [9.17, 15) is 13.2 Å². The van der Waals surface area contributed by atoms with Crippen molar-refractivity contribution in [1.82, 2.24) is 9.88 Å². The van der Waals surface area contributed by atoms with Gasteiger partial charge in [0.1, 0.15) is 5.56 Å². The highest BCUT2D eigenvalue weighted by Gasteiger charge is 2.38. The molecule has 0 aliphatic carbocycles. The maximum atomic E-state index is 13.3. The van der Waals surface area contributed by atoms with E-state index in [0.29, 0.717) is 25.2 Å². The molecule has 3 heterocycles. The van der Waals surface area contributed by atoms with Crippen molar-refractivity contribution in [2.75, 3.05) is 20.3 Å². The number of benzene rings is 1. The minimum atomic E-state index is -4.51. The van der Waals surface area contributed by atoms with E-state index in [-0.39, 0.29) is 12.1 Å². The molecule has 1 saturated heterocycles. The molecule has 2 bridgehead atoms. The molecular weight excluding hydrogens is 369 g/mol. The molecule has 2 atom stereocenters. The lowest BCUT2D eigenvalue weighted by Crippen LogP contribution is -2.53. The minimum absolute atomic E-state index is 0.0270. The SMILES string of the molecule is COc1ncc(C2=CC3COCC(C2)N3Cc2ccccc2)cc1C(F)(F)F. The predicted octanol–water partition coefficient (Wildman–Crippen LogP) is 4.17. The second-order valence-corrected chi connectivity index (χ2v) is 7.09. The first-order valence-corrected chi connectivity index (χ1v) is 9.15. The van der Waals surface area contributed by atoms with Crippen LogP contribution in [0.15, 0.2) is 48.7 Å². The fourth-order valence-electron chi connectivity index (χ4n) is 3.91. The minimum Gasteiger partial charge on any atom is -0.481 e. The lowest BCUT2D eigenvalue weighted by molar-refractivity contribution is -0.139. The summed E-state index contributed by atoms with van der Waals surface area (Å²) in [6, 6.07) is 11.5.